The molecule has 1 aromatic rings. The monoisotopic (exact) mass is 253 g/mol. The Morgan fingerprint density at radius 2 is 2.06 bits per heavy atom. The van der Waals surface area contributed by atoms with E-state index in [1.807, 2.05) is 18.2 Å². The van der Waals surface area contributed by atoms with Crippen molar-refractivity contribution in [1.82, 2.24) is 5.32 Å². The van der Waals surface area contributed by atoms with Crippen LogP contribution in [0.2, 0.25) is 0 Å². The van der Waals surface area contributed by atoms with Crippen LogP contribution < -0.4 is 14.8 Å². The van der Waals surface area contributed by atoms with Crippen molar-refractivity contribution < 1.29 is 14.6 Å². The third kappa shape index (κ3) is 4.94. The summed E-state index contributed by atoms with van der Waals surface area (Å²) in [6.45, 7) is 6.35. The fourth-order valence-corrected chi connectivity index (χ4v) is 1.51. The highest BCUT2D eigenvalue weighted by atomic mass is 16.5. The van der Waals surface area contributed by atoms with Crippen LogP contribution in [0.3, 0.4) is 0 Å². The Balaban J connectivity index is 2.64. The molecule has 0 fully saturated rings. The molecule has 1 rings (SSSR count). The summed E-state index contributed by atoms with van der Waals surface area (Å²) in [6.07, 6.45) is 0. The van der Waals surface area contributed by atoms with Crippen LogP contribution in [-0.2, 0) is 6.54 Å². The predicted octanol–water partition coefficient (Wildman–Crippen LogP) is 1.81. The van der Waals surface area contributed by atoms with Crippen LogP contribution in [0.5, 0.6) is 11.5 Å². The van der Waals surface area contributed by atoms with Gasteiger partial charge < -0.3 is 19.9 Å². The van der Waals surface area contributed by atoms with Gasteiger partial charge in [0.05, 0.1) is 20.3 Å². The van der Waals surface area contributed by atoms with Gasteiger partial charge in [0.1, 0.15) is 0 Å². The summed E-state index contributed by atoms with van der Waals surface area (Å²) in [4.78, 5) is 0. The highest BCUT2D eigenvalue weighted by Crippen LogP contribution is 2.28. The third-order valence-electron chi connectivity index (χ3n) is 2.42. The van der Waals surface area contributed by atoms with Crippen LogP contribution in [0.25, 0.3) is 0 Å². The number of methoxy groups -OCH3 is 1. The predicted molar refractivity (Wildman–Crippen MR) is 72.1 cm³/mol. The first-order chi connectivity index (χ1) is 8.67. The quantitative estimate of drug-likeness (QED) is 0.694. The van der Waals surface area contributed by atoms with E-state index < -0.39 is 0 Å². The van der Waals surface area contributed by atoms with Crippen molar-refractivity contribution in [3.05, 3.63) is 23.8 Å². The zero-order chi connectivity index (χ0) is 13.4. The zero-order valence-electron chi connectivity index (χ0n) is 11.4. The van der Waals surface area contributed by atoms with Gasteiger partial charge in [-0.25, -0.2) is 0 Å². The zero-order valence-corrected chi connectivity index (χ0v) is 11.4. The number of hydrogen-bond donors (Lipinski definition) is 2. The molecular formula is C14H23NO3. The smallest absolute Gasteiger partial charge is 0.161 e. The van der Waals surface area contributed by atoms with E-state index in [-0.39, 0.29) is 6.61 Å². The molecule has 0 bridgehead atoms. The number of aliphatic hydroxyl groups excluding tert-OH is 1. The molecule has 4 nitrogen and oxygen atoms in total. The number of ether oxygens (including phenoxy) is 2. The number of nitrogens with one attached hydrogen (secondary N) is 1. The van der Waals surface area contributed by atoms with Crippen LogP contribution in [0.15, 0.2) is 18.2 Å². The topological polar surface area (TPSA) is 50.7 Å². The molecule has 102 valence electrons. The van der Waals surface area contributed by atoms with Crippen molar-refractivity contribution >= 4 is 0 Å². The number of benzene rings is 1. The molecule has 0 aliphatic heterocycles. The molecule has 0 heterocycles. The second kappa shape index (κ2) is 7.95. The highest BCUT2D eigenvalue weighted by Gasteiger charge is 2.06. The maximum absolute atomic E-state index is 8.70. The molecule has 0 aliphatic rings. The van der Waals surface area contributed by atoms with Crippen molar-refractivity contribution in [2.24, 2.45) is 5.92 Å². The van der Waals surface area contributed by atoms with Crippen LogP contribution in [0.4, 0.5) is 0 Å². The van der Waals surface area contributed by atoms with Gasteiger partial charge >= 0.3 is 0 Å². The number of hydrogen-bond acceptors (Lipinski definition) is 4. The van der Waals surface area contributed by atoms with Gasteiger partial charge in [-0.2, -0.15) is 0 Å². The first-order valence-electron chi connectivity index (χ1n) is 6.28. The summed E-state index contributed by atoms with van der Waals surface area (Å²) in [6, 6.07) is 5.89. The Kier molecular flexibility index (Phi) is 6.54. The van der Waals surface area contributed by atoms with Gasteiger partial charge in [0.15, 0.2) is 11.5 Å². The Morgan fingerprint density at radius 3 is 2.67 bits per heavy atom. The maximum Gasteiger partial charge on any atom is 0.161 e. The standard InChI is InChI=1S/C14H23NO3/c1-11(2)10-18-13-5-4-12(8-14(13)17-3)9-15-6-7-16/h4-5,8,11,15-16H,6-7,9-10H2,1-3H3. The summed E-state index contributed by atoms with van der Waals surface area (Å²) in [5.74, 6) is 2.01. The molecule has 0 aromatic heterocycles. The van der Waals surface area contributed by atoms with E-state index in [0.717, 1.165) is 17.1 Å². The normalized spacial score (nSPS) is 10.7. The van der Waals surface area contributed by atoms with Crippen molar-refractivity contribution in [1.29, 1.82) is 0 Å². The van der Waals surface area contributed by atoms with Crippen molar-refractivity contribution in [3.8, 4) is 11.5 Å². The molecule has 1 aromatic carbocycles. The Labute approximate surface area is 109 Å². The van der Waals surface area contributed by atoms with Crippen LogP contribution in [-0.4, -0.2) is 32.0 Å². The van der Waals surface area contributed by atoms with E-state index in [1.54, 1.807) is 7.11 Å². The molecule has 18 heavy (non-hydrogen) atoms. The van der Waals surface area contributed by atoms with Gasteiger partial charge in [-0.05, 0) is 23.6 Å². The Hall–Kier alpha value is -1.26. The lowest BCUT2D eigenvalue weighted by atomic mass is 10.2. The summed E-state index contributed by atoms with van der Waals surface area (Å²) in [5, 5.41) is 11.8. The largest absolute Gasteiger partial charge is 0.493 e. The van der Waals surface area contributed by atoms with E-state index in [1.165, 1.54) is 0 Å². The molecule has 0 radical (unpaired) electrons. The second-order valence-electron chi connectivity index (χ2n) is 4.59. The summed E-state index contributed by atoms with van der Waals surface area (Å²) in [5.41, 5.74) is 1.11. The van der Waals surface area contributed by atoms with Gasteiger partial charge in [-0.1, -0.05) is 19.9 Å². The summed E-state index contributed by atoms with van der Waals surface area (Å²) >= 11 is 0. The molecule has 0 spiro atoms. The fraction of sp³-hybridized carbons (Fsp3) is 0.571. The van der Waals surface area contributed by atoms with Gasteiger partial charge in [0, 0.05) is 13.1 Å². The van der Waals surface area contributed by atoms with Gasteiger partial charge in [-0.3, -0.25) is 0 Å². The SMILES string of the molecule is COc1cc(CNCCO)ccc1OCC(C)C. The fourth-order valence-electron chi connectivity index (χ4n) is 1.51. The average Bonchev–Trinajstić information content (AvgIpc) is 2.37. The maximum atomic E-state index is 8.70. The minimum Gasteiger partial charge on any atom is -0.493 e. The molecule has 0 unspecified atom stereocenters. The average molecular weight is 253 g/mol. The van der Waals surface area contributed by atoms with E-state index >= 15 is 0 Å². The molecule has 0 amide bonds. The van der Waals surface area contributed by atoms with Crippen LogP contribution in [0.1, 0.15) is 19.4 Å². The summed E-state index contributed by atoms with van der Waals surface area (Å²) in [7, 11) is 1.64. The minimum atomic E-state index is 0.146. The summed E-state index contributed by atoms with van der Waals surface area (Å²) < 4.78 is 11.0. The van der Waals surface area contributed by atoms with Gasteiger partial charge in [0.25, 0.3) is 0 Å². The molecule has 0 saturated carbocycles. The van der Waals surface area contributed by atoms with E-state index in [2.05, 4.69) is 19.2 Å². The van der Waals surface area contributed by atoms with Crippen molar-refractivity contribution in [3.63, 3.8) is 0 Å². The minimum absolute atomic E-state index is 0.146. The molecule has 4 heteroatoms. The highest BCUT2D eigenvalue weighted by molar-refractivity contribution is 5.42. The van der Waals surface area contributed by atoms with Gasteiger partial charge in [0.2, 0.25) is 0 Å². The van der Waals surface area contributed by atoms with Gasteiger partial charge in [-0.15, -0.1) is 0 Å². The second-order valence-corrected chi connectivity index (χ2v) is 4.59. The lowest BCUT2D eigenvalue weighted by molar-refractivity contribution is 0.256. The Morgan fingerprint density at radius 1 is 1.28 bits per heavy atom. The molecule has 0 atom stereocenters. The lowest BCUT2D eigenvalue weighted by Gasteiger charge is -2.13. The molecule has 0 saturated heterocycles. The molecule has 0 aliphatic carbocycles. The first-order valence-corrected chi connectivity index (χ1v) is 6.28. The van der Waals surface area contributed by atoms with E-state index in [4.69, 9.17) is 14.6 Å². The van der Waals surface area contributed by atoms with E-state index in [0.29, 0.717) is 25.6 Å². The van der Waals surface area contributed by atoms with Crippen LogP contribution >= 0.6 is 0 Å². The van der Waals surface area contributed by atoms with E-state index in [9.17, 15) is 0 Å². The van der Waals surface area contributed by atoms with Crippen LogP contribution in [0, 0.1) is 5.92 Å². The Bertz CT molecular complexity index is 353. The number of rotatable bonds is 8. The van der Waals surface area contributed by atoms with Crippen molar-refractivity contribution in [2.75, 3.05) is 26.9 Å². The first kappa shape index (κ1) is 14.8. The molecular weight excluding hydrogens is 230 g/mol. The third-order valence-corrected chi connectivity index (χ3v) is 2.42. The lowest BCUT2D eigenvalue weighted by Crippen LogP contribution is -2.17. The van der Waals surface area contributed by atoms with Crippen molar-refractivity contribution in [2.45, 2.75) is 20.4 Å². The number of aliphatic hydroxyl groups is 1. The molecule has 2 N–H and O–H groups in total.